The Morgan fingerprint density at radius 1 is 1.16 bits per heavy atom. The first-order valence-electron chi connectivity index (χ1n) is 6.99. The molecule has 0 amide bonds. The van der Waals surface area contributed by atoms with Gasteiger partial charge in [-0.1, -0.05) is 25.3 Å². The van der Waals surface area contributed by atoms with Crippen molar-refractivity contribution >= 4 is 21.4 Å². The molecule has 0 radical (unpaired) electrons. The molecule has 2 N–H and O–H groups in total. The van der Waals surface area contributed by atoms with E-state index in [1.54, 1.807) is 10.4 Å². The van der Waals surface area contributed by atoms with Gasteiger partial charge in [-0.25, -0.2) is 8.42 Å². The Balaban J connectivity index is 1.93. The van der Waals surface area contributed by atoms with Crippen LogP contribution < -0.4 is 10.0 Å². The zero-order valence-corrected chi connectivity index (χ0v) is 11.8. The lowest BCUT2D eigenvalue weighted by Crippen LogP contribution is -2.38. The Kier molecular flexibility index (Phi) is 3.17. The maximum Gasteiger partial charge on any atom is 0.238 e. The standard InChI is InChI=1S/C14H20N2O2S/c15-12-7-6-11-8-9-16(14(11)10-12)19(17,18)13-4-2-1-3-5-13/h6-7,10,13H,1-5,8-9,15H2. The molecule has 0 spiro atoms. The van der Waals surface area contributed by atoms with E-state index < -0.39 is 10.0 Å². The van der Waals surface area contributed by atoms with Crippen molar-refractivity contribution in [2.75, 3.05) is 16.6 Å². The van der Waals surface area contributed by atoms with E-state index in [2.05, 4.69) is 0 Å². The van der Waals surface area contributed by atoms with Crippen LogP contribution in [0.15, 0.2) is 18.2 Å². The van der Waals surface area contributed by atoms with Crippen LogP contribution in [0.25, 0.3) is 0 Å². The maximum atomic E-state index is 12.7. The van der Waals surface area contributed by atoms with Gasteiger partial charge in [-0.2, -0.15) is 0 Å². The molecule has 19 heavy (non-hydrogen) atoms. The highest BCUT2D eigenvalue weighted by Crippen LogP contribution is 2.36. The number of hydrogen-bond donors (Lipinski definition) is 1. The second kappa shape index (κ2) is 4.71. The fraction of sp³-hybridized carbons (Fsp3) is 0.571. The molecule has 3 rings (SSSR count). The highest BCUT2D eigenvalue weighted by molar-refractivity contribution is 7.93. The highest BCUT2D eigenvalue weighted by Gasteiger charge is 2.36. The lowest BCUT2D eigenvalue weighted by molar-refractivity contribution is 0.482. The smallest absolute Gasteiger partial charge is 0.238 e. The Bertz CT molecular complexity index is 577. The van der Waals surface area contributed by atoms with Crippen molar-refractivity contribution < 1.29 is 8.42 Å². The molecule has 5 heteroatoms. The monoisotopic (exact) mass is 280 g/mol. The molecule has 1 fully saturated rings. The van der Waals surface area contributed by atoms with Crippen molar-refractivity contribution in [3.8, 4) is 0 Å². The van der Waals surface area contributed by atoms with Gasteiger partial charge in [0.25, 0.3) is 0 Å². The fourth-order valence-corrected chi connectivity index (χ4v) is 5.25. The molecule has 104 valence electrons. The average molecular weight is 280 g/mol. The topological polar surface area (TPSA) is 63.4 Å². The Hall–Kier alpha value is -1.23. The van der Waals surface area contributed by atoms with Gasteiger partial charge in [0, 0.05) is 12.2 Å². The summed E-state index contributed by atoms with van der Waals surface area (Å²) < 4.78 is 27.1. The van der Waals surface area contributed by atoms with E-state index in [9.17, 15) is 8.42 Å². The van der Waals surface area contributed by atoms with Crippen molar-refractivity contribution in [1.29, 1.82) is 0 Å². The first-order valence-corrected chi connectivity index (χ1v) is 8.49. The summed E-state index contributed by atoms with van der Waals surface area (Å²) in [4.78, 5) is 0. The molecule has 1 aliphatic carbocycles. The van der Waals surface area contributed by atoms with E-state index in [0.29, 0.717) is 12.2 Å². The molecule has 0 bridgehead atoms. The third-order valence-electron chi connectivity index (χ3n) is 4.24. The number of nitrogens with two attached hydrogens (primary N) is 1. The van der Waals surface area contributed by atoms with Crippen LogP contribution in [0.4, 0.5) is 11.4 Å². The first-order chi connectivity index (χ1) is 9.09. The minimum atomic E-state index is -3.21. The molecule has 1 saturated carbocycles. The zero-order valence-electron chi connectivity index (χ0n) is 11.0. The third-order valence-corrected chi connectivity index (χ3v) is 6.55. The number of hydrogen-bond acceptors (Lipinski definition) is 3. The van der Waals surface area contributed by atoms with Crippen LogP contribution in [0.5, 0.6) is 0 Å². The summed E-state index contributed by atoms with van der Waals surface area (Å²) in [6.45, 7) is 0.567. The summed E-state index contributed by atoms with van der Waals surface area (Å²) in [7, 11) is -3.21. The molecule has 0 aromatic heterocycles. The van der Waals surface area contributed by atoms with Gasteiger partial charge >= 0.3 is 0 Å². The van der Waals surface area contributed by atoms with Crippen LogP contribution in [-0.2, 0) is 16.4 Å². The van der Waals surface area contributed by atoms with E-state index in [1.165, 1.54) is 0 Å². The normalized spacial score (nSPS) is 20.5. The summed E-state index contributed by atoms with van der Waals surface area (Å²) >= 11 is 0. The molecule has 1 aromatic carbocycles. The van der Waals surface area contributed by atoms with Gasteiger partial charge in [-0.3, -0.25) is 4.31 Å². The van der Waals surface area contributed by atoms with Crippen molar-refractivity contribution in [1.82, 2.24) is 0 Å². The van der Waals surface area contributed by atoms with Crippen molar-refractivity contribution in [3.05, 3.63) is 23.8 Å². The van der Waals surface area contributed by atoms with Gasteiger partial charge in [0.1, 0.15) is 0 Å². The Morgan fingerprint density at radius 2 is 1.89 bits per heavy atom. The van der Waals surface area contributed by atoms with Crippen LogP contribution in [0.3, 0.4) is 0 Å². The fourth-order valence-electron chi connectivity index (χ4n) is 3.17. The first kappa shape index (κ1) is 12.8. The molecule has 1 aromatic rings. The predicted octanol–water partition coefficient (Wildman–Crippen LogP) is 2.29. The number of nitrogens with zero attached hydrogens (tertiary/aromatic N) is 1. The van der Waals surface area contributed by atoms with E-state index >= 15 is 0 Å². The molecule has 0 saturated heterocycles. The van der Waals surface area contributed by atoms with Gasteiger partial charge in [-0.15, -0.1) is 0 Å². The molecular formula is C14H20N2O2S. The van der Waals surface area contributed by atoms with E-state index in [4.69, 9.17) is 5.73 Å². The summed E-state index contributed by atoms with van der Waals surface area (Å²) in [6.07, 6.45) is 5.62. The summed E-state index contributed by atoms with van der Waals surface area (Å²) in [6, 6.07) is 5.58. The number of benzene rings is 1. The van der Waals surface area contributed by atoms with E-state index in [-0.39, 0.29) is 5.25 Å². The Labute approximate surface area is 114 Å². The van der Waals surface area contributed by atoms with Gasteiger partial charge in [0.2, 0.25) is 10.0 Å². The average Bonchev–Trinajstić information content (AvgIpc) is 2.83. The minimum Gasteiger partial charge on any atom is -0.399 e. The van der Waals surface area contributed by atoms with Crippen LogP contribution in [0.2, 0.25) is 0 Å². The van der Waals surface area contributed by atoms with Gasteiger partial charge < -0.3 is 5.73 Å². The summed E-state index contributed by atoms with van der Waals surface area (Å²) in [5, 5.41) is -0.200. The lowest BCUT2D eigenvalue weighted by atomic mass is 10.0. The lowest BCUT2D eigenvalue weighted by Gasteiger charge is -2.28. The van der Waals surface area contributed by atoms with Crippen molar-refractivity contribution in [2.24, 2.45) is 0 Å². The highest BCUT2D eigenvalue weighted by atomic mass is 32.2. The third kappa shape index (κ3) is 2.20. The molecule has 1 aliphatic heterocycles. The molecular weight excluding hydrogens is 260 g/mol. The predicted molar refractivity (Wildman–Crippen MR) is 77.7 cm³/mol. The van der Waals surface area contributed by atoms with Gasteiger partial charge in [0.15, 0.2) is 0 Å². The van der Waals surface area contributed by atoms with Gasteiger partial charge in [-0.05, 0) is 37.0 Å². The number of nitrogen functional groups attached to an aromatic ring is 1. The van der Waals surface area contributed by atoms with Gasteiger partial charge in [0.05, 0.1) is 10.9 Å². The quantitative estimate of drug-likeness (QED) is 0.845. The van der Waals surface area contributed by atoms with Crippen molar-refractivity contribution in [2.45, 2.75) is 43.8 Å². The summed E-state index contributed by atoms with van der Waals surface area (Å²) in [5.74, 6) is 0. The maximum absolute atomic E-state index is 12.7. The van der Waals surface area contributed by atoms with Crippen molar-refractivity contribution in [3.63, 3.8) is 0 Å². The van der Waals surface area contributed by atoms with E-state index in [1.807, 2.05) is 12.1 Å². The number of anilines is 2. The summed E-state index contributed by atoms with van der Waals surface area (Å²) in [5.41, 5.74) is 8.31. The molecule has 4 nitrogen and oxygen atoms in total. The van der Waals surface area contributed by atoms with E-state index in [0.717, 1.165) is 49.8 Å². The SMILES string of the molecule is Nc1ccc2c(c1)N(S(=O)(=O)C1CCCCC1)CC2. The zero-order chi connectivity index (χ0) is 13.5. The van der Waals surface area contributed by atoms with Crippen LogP contribution in [0, 0.1) is 0 Å². The molecule has 0 unspecified atom stereocenters. The number of fused-ring (bicyclic) bond motifs is 1. The van der Waals surface area contributed by atoms with Crippen LogP contribution in [0.1, 0.15) is 37.7 Å². The largest absolute Gasteiger partial charge is 0.399 e. The van der Waals surface area contributed by atoms with Crippen LogP contribution in [-0.4, -0.2) is 20.2 Å². The number of rotatable bonds is 2. The molecule has 2 aliphatic rings. The second-order valence-corrected chi connectivity index (χ2v) is 7.65. The minimum absolute atomic E-state index is 0.200. The second-order valence-electron chi connectivity index (χ2n) is 5.52. The molecule has 1 heterocycles. The molecule has 0 atom stereocenters. The van der Waals surface area contributed by atoms with Crippen LogP contribution >= 0.6 is 0 Å². The Morgan fingerprint density at radius 3 is 2.63 bits per heavy atom. The number of sulfonamides is 1.